The van der Waals surface area contributed by atoms with Crippen LogP contribution in [-0.4, -0.2) is 114 Å². The Balaban J connectivity index is -0.0000000480. The minimum atomic E-state index is -2.20. The van der Waals surface area contributed by atoms with Gasteiger partial charge in [0.25, 0.3) is 0 Å². The first-order valence-corrected chi connectivity index (χ1v) is 3.47. The van der Waals surface area contributed by atoms with E-state index in [0.717, 1.165) is 0 Å². The molecule has 0 heterocycles. The third-order valence-corrected chi connectivity index (χ3v) is 1.51. The van der Waals surface area contributed by atoms with E-state index in [2.05, 4.69) is 0 Å². The van der Waals surface area contributed by atoms with Crippen molar-refractivity contribution in [2.45, 2.75) is 24.4 Å². The molecular weight excluding hydrogens is 233 g/mol. The molecule has 0 rings (SSSR count). The Kier molecular flexibility index (Phi) is 14.1. The summed E-state index contributed by atoms with van der Waals surface area (Å²) in [6, 6.07) is 0. The molecule has 0 amide bonds. The summed E-state index contributed by atoms with van der Waals surface area (Å²) in [5, 5.41) is 51.8. The predicted molar refractivity (Wildman–Crippen MR) is 54.7 cm³/mol. The predicted octanol–water partition coefficient (Wildman–Crippen LogP) is -3.80. The molecule has 0 radical (unpaired) electrons. The van der Waals surface area contributed by atoms with Crippen LogP contribution in [-0.2, 0) is 4.79 Å². The number of rotatable bonds is 5. The molecule has 0 aromatic carbocycles. The topological polar surface area (TPSA) is 138 Å². The number of aliphatic hydroxyl groups is 5. The van der Waals surface area contributed by atoms with Crippen LogP contribution in [0.1, 0.15) is 5.71 Å². The van der Waals surface area contributed by atoms with E-state index >= 15 is 0 Å². The van der Waals surface area contributed by atoms with Gasteiger partial charge in [-0.15, -0.1) is 0 Å². The van der Waals surface area contributed by atoms with Crippen LogP contribution in [0.15, 0.2) is 0 Å². The van der Waals surface area contributed by atoms with Crippen LogP contribution >= 0.6 is 0 Å². The number of carboxylic acid groups (broad SMARTS) is 1. The number of hydrogen-bond donors (Lipinski definition) is 6. The van der Waals surface area contributed by atoms with Gasteiger partial charge in [0, 0.05) is 0 Å². The number of aliphatic hydroxyl groups excluding tert-OH is 5. The average Bonchev–Trinajstić information content (AvgIpc) is 2.12. The van der Waals surface area contributed by atoms with Crippen LogP contribution in [0.2, 0.25) is 0 Å². The van der Waals surface area contributed by atoms with Crippen LogP contribution in [0.3, 0.4) is 0 Å². The summed E-state index contributed by atoms with van der Waals surface area (Å²) >= 11 is 0. The first-order valence-electron chi connectivity index (χ1n) is 3.47. The average molecular weight is 249 g/mol. The first-order chi connectivity index (χ1) is 5.91. The van der Waals surface area contributed by atoms with Crippen molar-refractivity contribution in [1.29, 1.82) is 0 Å². The molecule has 86 valence electrons. The fourth-order valence-corrected chi connectivity index (χ4v) is 0.668. The zero-order valence-electron chi connectivity index (χ0n) is 12.0. The summed E-state index contributed by atoms with van der Waals surface area (Å²) in [6.45, 7) is -0.843. The van der Waals surface area contributed by atoms with Gasteiger partial charge in [-0.25, -0.2) is 4.79 Å². The van der Waals surface area contributed by atoms with Crippen molar-refractivity contribution in [3.63, 3.8) is 0 Å². The second-order valence-corrected chi connectivity index (χ2v) is 2.51. The Morgan fingerprint density at radius 3 is 1.73 bits per heavy atom. The molecule has 0 saturated heterocycles. The monoisotopic (exact) mass is 248 g/mol. The van der Waals surface area contributed by atoms with Gasteiger partial charge in [0.2, 0.25) is 0 Å². The third-order valence-electron chi connectivity index (χ3n) is 1.51. The molecule has 9 heteroatoms. The number of hydrogen-bond acceptors (Lipinski definition) is 6. The molecule has 15 heavy (non-hydrogen) atoms. The molecular formula is C6H16Mg2O7. The van der Waals surface area contributed by atoms with E-state index in [1.807, 2.05) is 0 Å². The zero-order valence-corrected chi connectivity index (χ0v) is 10.9. The first kappa shape index (κ1) is 21.1. The Morgan fingerprint density at radius 2 is 1.47 bits per heavy atom. The molecule has 0 aliphatic rings. The fourth-order valence-electron chi connectivity index (χ4n) is 0.668. The molecule has 0 aromatic rings. The van der Waals surface area contributed by atoms with Gasteiger partial charge in [-0.05, 0) is 0 Å². The summed E-state index contributed by atoms with van der Waals surface area (Å²) in [6.07, 6.45) is -7.84. The normalized spacial score (nSPS) is 17.7. The Bertz CT molecular complexity index is 193. The van der Waals surface area contributed by atoms with Crippen LogP contribution in [0, 0.1) is 0 Å². The van der Waals surface area contributed by atoms with E-state index in [0.29, 0.717) is 0 Å². The molecule has 0 aromatic heterocycles. The van der Waals surface area contributed by atoms with Crippen LogP contribution < -0.4 is 0 Å². The fraction of sp³-hybridized carbons (Fsp3) is 0.833. The van der Waals surface area contributed by atoms with Crippen LogP contribution in [0.5, 0.6) is 0 Å². The van der Waals surface area contributed by atoms with Crippen molar-refractivity contribution < 1.29 is 41.1 Å². The second kappa shape index (κ2) is 9.99. The van der Waals surface area contributed by atoms with E-state index in [1.165, 1.54) is 0 Å². The van der Waals surface area contributed by atoms with Gasteiger partial charge in [-0.2, -0.15) is 0 Å². The summed E-state index contributed by atoms with van der Waals surface area (Å²) in [7, 11) is 0. The van der Waals surface area contributed by atoms with Crippen molar-refractivity contribution in [3.8, 4) is 0 Å². The molecule has 0 aliphatic carbocycles. The minimum absolute atomic E-state index is 0. The molecule has 0 aliphatic heterocycles. The summed E-state index contributed by atoms with van der Waals surface area (Å²) in [5.41, 5.74) is 0. The van der Waals surface area contributed by atoms with Gasteiger partial charge < -0.3 is 36.3 Å². The number of carboxylic acids is 1. The zero-order chi connectivity index (χ0) is 10.6. The van der Waals surface area contributed by atoms with Gasteiger partial charge in [0.15, 0.2) is 6.10 Å². The molecule has 4 unspecified atom stereocenters. The Hall–Kier alpha value is 0.802. The summed E-state index contributed by atoms with van der Waals surface area (Å²) in [4.78, 5) is 10.1. The quantitative estimate of drug-likeness (QED) is 0.274. The Morgan fingerprint density at radius 1 is 1.07 bits per heavy atom. The van der Waals surface area contributed by atoms with E-state index in [9.17, 15) is 4.79 Å². The van der Waals surface area contributed by atoms with Crippen molar-refractivity contribution in [2.75, 3.05) is 6.61 Å². The van der Waals surface area contributed by atoms with E-state index in [1.54, 1.807) is 0 Å². The van der Waals surface area contributed by atoms with Gasteiger partial charge in [-0.1, -0.05) is 0 Å². The van der Waals surface area contributed by atoms with E-state index < -0.39 is 37.0 Å². The Labute approximate surface area is 124 Å². The molecule has 7 nitrogen and oxygen atoms in total. The maximum atomic E-state index is 10.1. The largest absolute Gasteiger partial charge is 2.00 e. The standard InChI is InChI=1S/C6H12O7.2Mg.4H/c7-1-2(8)3(9)4(10)5(11)6(12)13;;;;;;/h2-5,7-11H,1H2,(H,12,13);;;;;;/q;2*+2;4*-1. The molecule has 0 fully saturated rings. The van der Waals surface area contributed by atoms with Gasteiger partial charge in [-0.3, -0.25) is 0 Å². The number of aliphatic carboxylic acids is 1. The third kappa shape index (κ3) is 6.86. The smallest absolute Gasteiger partial charge is 1.00 e. The molecule has 6 N–H and O–H groups in total. The van der Waals surface area contributed by atoms with Crippen molar-refractivity contribution >= 4 is 52.1 Å². The van der Waals surface area contributed by atoms with Crippen LogP contribution in [0.4, 0.5) is 0 Å². The molecule has 4 atom stereocenters. The van der Waals surface area contributed by atoms with Crippen molar-refractivity contribution in [1.82, 2.24) is 0 Å². The summed E-state index contributed by atoms with van der Waals surface area (Å²) in [5.74, 6) is -1.73. The van der Waals surface area contributed by atoms with E-state index in [4.69, 9.17) is 30.6 Å². The maximum Gasteiger partial charge on any atom is 2.00 e. The minimum Gasteiger partial charge on any atom is -1.00 e. The molecule has 0 saturated carbocycles. The van der Waals surface area contributed by atoms with Crippen molar-refractivity contribution in [3.05, 3.63) is 0 Å². The van der Waals surface area contributed by atoms with Gasteiger partial charge >= 0.3 is 52.1 Å². The number of carbonyl (C=O) groups is 1. The molecule has 0 spiro atoms. The van der Waals surface area contributed by atoms with Crippen LogP contribution in [0.25, 0.3) is 0 Å². The second-order valence-electron chi connectivity index (χ2n) is 2.51. The maximum absolute atomic E-state index is 10.1. The SMILES string of the molecule is O=C(O)C(O)C(O)C(O)C(O)CO.[H-].[H-].[H-].[H-].[Mg+2].[Mg+2]. The summed E-state index contributed by atoms with van der Waals surface area (Å²) < 4.78 is 0. The molecule has 0 bridgehead atoms. The van der Waals surface area contributed by atoms with E-state index in [-0.39, 0.29) is 51.8 Å². The van der Waals surface area contributed by atoms with Gasteiger partial charge in [0.05, 0.1) is 6.61 Å². The van der Waals surface area contributed by atoms with Gasteiger partial charge in [0.1, 0.15) is 18.3 Å². The van der Waals surface area contributed by atoms with Crippen molar-refractivity contribution in [2.24, 2.45) is 0 Å².